The highest BCUT2D eigenvalue weighted by molar-refractivity contribution is 7.00. The monoisotopic (exact) mass is 298 g/mol. The number of benzene rings is 1. The molecule has 2 rings (SSSR count). The van der Waals surface area contributed by atoms with E-state index in [4.69, 9.17) is 17.3 Å². The van der Waals surface area contributed by atoms with Crippen molar-refractivity contribution < 1.29 is 4.79 Å². The highest BCUT2D eigenvalue weighted by atomic mass is 35.5. The summed E-state index contributed by atoms with van der Waals surface area (Å²) in [7, 11) is 0. The molecule has 1 amide bonds. The molecular formula is C12H15ClN4OS. The third kappa shape index (κ3) is 3.40. The van der Waals surface area contributed by atoms with Gasteiger partial charge in [0.2, 0.25) is 5.91 Å². The summed E-state index contributed by atoms with van der Waals surface area (Å²) in [5.74, 6) is 0.251. The largest absolute Gasteiger partial charge is 0.330 e. The summed E-state index contributed by atoms with van der Waals surface area (Å²) in [6.45, 7) is 2.60. The van der Waals surface area contributed by atoms with Crippen LogP contribution in [0.15, 0.2) is 12.1 Å². The Balaban J connectivity index is 2.10. The van der Waals surface area contributed by atoms with E-state index >= 15 is 0 Å². The molecule has 1 atom stereocenters. The minimum Gasteiger partial charge on any atom is -0.330 e. The van der Waals surface area contributed by atoms with Crippen LogP contribution < -0.4 is 11.1 Å². The number of fused-ring (bicyclic) bond motifs is 1. The van der Waals surface area contributed by atoms with Gasteiger partial charge >= 0.3 is 0 Å². The Kier molecular flexibility index (Phi) is 4.68. The van der Waals surface area contributed by atoms with Crippen molar-refractivity contribution in [1.82, 2.24) is 8.75 Å². The molecule has 0 aliphatic carbocycles. The van der Waals surface area contributed by atoms with Gasteiger partial charge in [-0.05, 0) is 31.0 Å². The van der Waals surface area contributed by atoms with Crippen LogP contribution in [0.4, 0.5) is 5.69 Å². The van der Waals surface area contributed by atoms with E-state index in [1.54, 1.807) is 12.1 Å². The zero-order chi connectivity index (χ0) is 13.8. The van der Waals surface area contributed by atoms with E-state index in [9.17, 15) is 4.79 Å². The van der Waals surface area contributed by atoms with Crippen molar-refractivity contribution >= 4 is 46.0 Å². The summed E-state index contributed by atoms with van der Waals surface area (Å²) in [5, 5.41) is 3.28. The molecule has 0 bridgehead atoms. The molecule has 2 aromatic rings. The first-order chi connectivity index (χ1) is 9.11. The maximum atomic E-state index is 11.9. The smallest absolute Gasteiger partial charge is 0.224 e. The Morgan fingerprint density at radius 3 is 3.05 bits per heavy atom. The van der Waals surface area contributed by atoms with Crippen molar-refractivity contribution in [3.05, 3.63) is 17.2 Å². The van der Waals surface area contributed by atoms with Crippen LogP contribution in [-0.2, 0) is 4.79 Å². The first kappa shape index (κ1) is 14.2. The molecule has 0 radical (unpaired) electrons. The van der Waals surface area contributed by atoms with E-state index in [-0.39, 0.29) is 5.91 Å². The molecule has 0 saturated carbocycles. The van der Waals surface area contributed by atoms with Crippen LogP contribution in [0.1, 0.15) is 19.8 Å². The van der Waals surface area contributed by atoms with Gasteiger partial charge in [0.05, 0.1) is 22.4 Å². The fraction of sp³-hybridized carbons (Fsp3) is 0.417. The van der Waals surface area contributed by atoms with Crippen LogP contribution in [0.3, 0.4) is 0 Å². The van der Waals surface area contributed by atoms with Crippen molar-refractivity contribution in [3.63, 3.8) is 0 Å². The maximum absolute atomic E-state index is 11.9. The summed E-state index contributed by atoms with van der Waals surface area (Å²) in [5.41, 5.74) is 7.44. The molecule has 5 nitrogen and oxygen atoms in total. The molecule has 19 heavy (non-hydrogen) atoms. The number of hydrogen-bond donors (Lipinski definition) is 2. The van der Waals surface area contributed by atoms with Gasteiger partial charge in [-0.3, -0.25) is 4.79 Å². The summed E-state index contributed by atoms with van der Waals surface area (Å²) >= 11 is 7.19. The first-order valence-corrected chi connectivity index (χ1v) is 7.13. The van der Waals surface area contributed by atoms with Crippen molar-refractivity contribution in [2.75, 3.05) is 11.9 Å². The molecule has 0 aliphatic heterocycles. The van der Waals surface area contributed by atoms with Crippen LogP contribution in [0, 0.1) is 5.92 Å². The Morgan fingerprint density at radius 1 is 1.53 bits per heavy atom. The van der Waals surface area contributed by atoms with Crippen molar-refractivity contribution in [3.8, 4) is 0 Å². The van der Waals surface area contributed by atoms with E-state index in [1.807, 2.05) is 6.92 Å². The van der Waals surface area contributed by atoms with E-state index in [1.165, 1.54) is 0 Å². The number of aromatic nitrogens is 2. The van der Waals surface area contributed by atoms with E-state index in [0.717, 1.165) is 23.7 Å². The van der Waals surface area contributed by atoms with Crippen LogP contribution in [0.25, 0.3) is 11.0 Å². The number of nitrogens with two attached hydrogens (primary N) is 1. The van der Waals surface area contributed by atoms with Crippen molar-refractivity contribution in [2.45, 2.75) is 19.8 Å². The maximum Gasteiger partial charge on any atom is 0.224 e. The number of carbonyl (C=O) groups is 1. The molecule has 0 spiro atoms. The predicted molar refractivity (Wildman–Crippen MR) is 78.5 cm³/mol. The number of rotatable bonds is 5. The van der Waals surface area contributed by atoms with E-state index in [2.05, 4.69) is 14.1 Å². The molecule has 1 heterocycles. The lowest BCUT2D eigenvalue weighted by Crippen LogP contribution is -2.16. The molecular weight excluding hydrogens is 284 g/mol. The Hall–Kier alpha value is -1.24. The zero-order valence-electron chi connectivity index (χ0n) is 10.5. The molecule has 1 aromatic carbocycles. The lowest BCUT2D eigenvalue weighted by atomic mass is 10.1. The third-order valence-corrected chi connectivity index (χ3v) is 3.77. The molecule has 1 aromatic heterocycles. The second-order valence-electron chi connectivity index (χ2n) is 4.48. The average Bonchev–Trinajstić information content (AvgIpc) is 2.87. The van der Waals surface area contributed by atoms with Gasteiger partial charge < -0.3 is 11.1 Å². The summed E-state index contributed by atoms with van der Waals surface area (Å²) < 4.78 is 8.27. The van der Waals surface area contributed by atoms with E-state index < -0.39 is 0 Å². The topological polar surface area (TPSA) is 80.9 Å². The number of hydrogen-bond acceptors (Lipinski definition) is 5. The van der Waals surface area contributed by atoms with Gasteiger partial charge in [-0.2, -0.15) is 8.75 Å². The zero-order valence-corrected chi connectivity index (χ0v) is 12.1. The van der Waals surface area contributed by atoms with E-state index in [0.29, 0.717) is 35.1 Å². The van der Waals surface area contributed by atoms with Crippen LogP contribution in [0.5, 0.6) is 0 Å². The van der Waals surface area contributed by atoms with Crippen LogP contribution in [-0.4, -0.2) is 21.2 Å². The second kappa shape index (κ2) is 6.27. The fourth-order valence-corrected chi connectivity index (χ4v) is 2.39. The summed E-state index contributed by atoms with van der Waals surface area (Å²) in [6, 6.07) is 3.50. The van der Waals surface area contributed by atoms with Gasteiger partial charge in [-0.25, -0.2) is 0 Å². The number of halogens is 1. The fourth-order valence-electron chi connectivity index (χ4n) is 1.64. The SMILES string of the molecule is CC(CN)CCC(=O)Nc1c(Cl)ccc2nsnc12. The molecule has 0 fully saturated rings. The lowest BCUT2D eigenvalue weighted by Gasteiger charge is -2.10. The average molecular weight is 299 g/mol. The van der Waals surface area contributed by atoms with Gasteiger partial charge in [0, 0.05) is 6.42 Å². The van der Waals surface area contributed by atoms with Gasteiger partial charge in [0.1, 0.15) is 11.0 Å². The van der Waals surface area contributed by atoms with Crippen LogP contribution in [0.2, 0.25) is 5.02 Å². The normalized spacial score (nSPS) is 12.6. The quantitative estimate of drug-likeness (QED) is 0.889. The number of amides is 1. The highest BCUT2D eigenvalue weighted by Gasteiger charge is 2.13. The van der Waals surface area contributed by atoms with Gasteiger partial charge in [0.15, 0.2) is 0 Å². The molecule has 0 saturated heterocycles. The Labute approximate surface area is 120 Å². The van der Waals surface area contributed by atoms with Crippen molar-refractivity contribution in [2.24, 2.45) is 11.7 Å². The minimum absolute atomic E-state index is 0.0808. The van der Waals surface area contributed by atoms with Gasteiger partial charge in [-0.1, -0.05) is 18.5 Å². The van der Waals surface area contributed by atoms with Gasteiger partial charge in [0.25, 0.3) is 0 Å². The predicted octanol–water partition coefficient (Wildman–Crippen LogP) is 2.66. The number of anilines is 1. The Bertz CT molecular complexity index is 586. The molecule has 1 unspecified atom stereocenters. The Morgan fingerprint density at radius 2 is 2.32 bits per heavy atom. The number of nitrogens with one attached hydrogen (secondary N) is 1. The second-order valence-corrected chi connectivity index (χ2v) is 5.42. The molecule has 7 heteroatoms. The minimum atomic E-state index is -0.0808. The lowest BCUT2D eigenvalue weighted by molar-refractivity contribution is -0.116. The van der Waals surface area contributed by atoms with Crippen LogP contribution >= 0.6 is 23.3 Å². The van der Waals surface area contributed by atoms with Crippen molar-refractivity contribution in [1.29, 1.82) is 0 Å². The third-order valence-electron chi connectivity index (χ3n) is 2.91. The number of carbonyl (C=O) groups excluding carboxylic acids is 1. The molecule has 102 valence electrons. The molecule has 3 N–H and O–H groups in total. The summed E-state index contributed by atoms with van der Waals surface area (Å²) in [6.07, 6.45) is 1.17. The number of nitrogens with zero attached hydrogens (tertiary/aromatic N) is 2. The standard InChI is InChI=1S/C12H15ClN4OS/c1-7(6-14)2-5-10(18)15-11-8(13)3-4-9-12(11)17-19-16-9/h3-4,7H,2,5-6,14H2,1H3,(H,15,18). The highest BCUT2D eigenvalue weighted by Crippen LogP contribution is 2.30. The first-order valence-electron chi connectivity index (χ1n) is 6.02. The van der Waals surface area contributed by atoms with Gasteiger partial charge in [-0.15, -0.1) is 0 Å². The molecule has 0 aliphatic rings. The summed E-state index contributed by atoms with van der Waals surface area (Å²) in [4.78, 5) is 11.9.